The van der Waals surface area contributed by atoms with E-state index < -0.39 is 0 Å². The molecule has 0 fully saturated rings. The summed E-state index contributed by atoms with van der Waals surface area (Å²) >= 11 is 0. The first-order valence-corrected chi connectivity index (χ1v) is 5.05. The zero-order chi connectivity index (χ0) is 12.1. The van der Waals surface area contributed by atoms with Crippen LogP contribution in [0.15, 0.2) is 12.1 Å². The number of nitrogens with one attached hydrogen (secondary N) is 1. The Bertz CT molecular complexity index is 363. The van der Waals surface area contributed by atoms with Crippen molar-refractivity contribution in [1.29, 1.82) is 5.41 Å². The van der Waals surface area contributed by atoms with Crippen molar-refractivity contribution in [3.8, 4) is 17.2 Å². The summed E-state index contributed by atoms with van der Waals surface area (Å²) in [4.78, 5) is 0. The van der Waals surface area contributed by atoms with Crippen LogP contribution in [0.2, 0.25) is 0 Å². The molecule has 0 aliphatic carbocycles. The molecule has 0 aliphatic heterocycles. The molecule has 0 amide bonds. The van der Waals surface area contributed by atoms with E-state index in [4.69, 9.17) is 19.6 Å². The molecular formula is C12H17NO3. The fraction of sp³-hybridized carbons (Fsp3) is 0.417. The summed E-state index contributed by atoms with van der Waals surface area (Å²) in [6.45, 7) is 1.94. The zero-order valence-corrected chi connectivity index (χ0v) is 10.1. The van der Waals surface area contributed by atoms with Crippen LogP contribution >= 0.6 is 0 Å². The lowest BCUT2D eigenvalue weighted by Crippen LogP contribution is -2.01. The van der Waals surface area contributed by atoms with Crippen LogP contribution in [-0.4, -0.2) is 27.0 Å². The lowest BCUT2D eigenvalue weighted by molar-refractivity contribution is 0.324. The van der Waals surface area contributed by atoms with Crippen molar-refractivity contribution in [2.45, 2.75) is 13.3 Å². The van der Waals surface area contributed by atoms with Gasteiger partial charge >= 0.3 is 0 Å². The molecule has 4 heteroatoms. The second kappa shape index (κ2) is 5.39. The van der Waals surface area contributed by atoms with Crippen LogP contribution in [0, 0.1) is 5.41 Å². The largest absolute Gasteiger partial charge is 0.493 e. The van der Waals surface area contributed by atoms with Gasteiger partial charge in [0.25, 0.3) is 0 Å². The first kappa shape index (κ1) is 12.4. The molecule has 1 rings (SSSR count). The van der Waals surface area contributed by atoms with Gasteiger partial charge < -0.3 is 19.6 Å². The normalized spacial score (nSPS) is 9.75. The van der Waals surface area contributed by atoms with Crippen LogP contribution in [0.5, 0.6) is 17.2 Å². The van der Waals surface area contributed by atoms with Crippen molar-refractivity contribution in [2.75, 3.05) is 21.3 Å². The molecule has 0 aromatic heterocycles. The first-order valence-electron chi connectivity index (χ1n) is 5.05. The molecular weight excluding hydrogens is 206 g/mol. The highest BCUT2D eigenvalue weighted by Crippen LogP contribution is 2.38. The third kappa shape index (κ3) is 2.27. The van der Waals surface area contributed by atoms with E-state index in [1.54, 1.807) is 33.5 Å². The smallest absolute Gasteiger partial charge is 0.203 e. The molecule has 0 bridgehead atoms. The van der Waals surface area contributed by atoms with E-state index in [1.165, 1.54) is 0 Å². The Morgan fingerprint density at radius 3 is 1.88 bits per heavy atom. The predicted octanol–water partition coefficient (Wildman–Crippen LogP) is 2.49. The van der Waals surface area contributed by atoms with Crippen LogP contribution in [0.25, 0.3) is 0 Å². The molecule has 88 valence electrons. The third-order valence-corrected chi connectivity index (χ3v) is 2.37. The number of rotatable bonds is 5. The van der Waals surface area contributed by atoms with Gasteiger partial charge in [-0.1, -0.05) is 6.92 Å². The van der Waals surface area contributed by atoms with E-state index in [-0.39, 0.29) is 0 Å². The SMILES string of the molecule is CCC(=N)c1cc(OC)c(OC)c(OC)c1. The maximum absolute atomic E-state index is 7.80. The van der Waals surface area contributed by atoms with E-state index in [2.05, 4.69) is 0 Å². The fourth-order valence-electron chi connectivity index (χ4n) is 1.46. The van der Waals surface area contributed by atoms with Gasteiger partial charge in [0, 0.05) is 11.3 Å². The van der Waals surface area contributed by atoms with Crippen LogP contribution in [0.4, 0.5) is 0 Å². The van der Waals surface area contributed by atoms with Crippen LogP contribution in [0.1, 0.15) is 18.9 Å². The topological polar surface area (TPSA) is 51.5 Å². The number of ether oxygens (including phenoxy) is 3. The molecule has 0 saturated heterocycles. The second-order valence-corrected chi connectivity index (χ2v) is 3.25. The molecule has 0 spiro atoms. The number of benzene rings is 1. The van der Waals surface area contributed by atoms with Gasteiger partial charge in [0.1, 0.15) is 0 Å². The molecule has 16 heavy (non-hydrogen) atoms. The molecule has 1 aromatic rings. The standard InChI is InChI=1S/C12H17NO3/c1-5-9(13)8-6-10(14-2)12(16-4)11(7-8)15-3/h6-7,13H,5H2,1-4H3. The number of hydrogen-bond donors (Lipinski definition) is 1. The van der Waals surface area contributed by atoms with Gasteiger partial charge in [0.05, 0.1) is 21.3 Å². The zero-order valence-electron chi connectivity index (χ0n) is 10.1. The summed E-state index contributed by atoms with van der Waals surface area (Å²) < 4.78 is 15.6. The summed E-state index contributed by atoms with van der Waals surface area (Å²) in [7, 11) is 4.69. The van der Waals surface area contributed by atoms with Gasteiger partial charge in [-0.15, -0.1) is 0 Å². The van der Waals surface area contributed by atoms with Crippen molar-refractivity contribution < 1.29 is 14.2 Å². The fourth-order valence-corrected chi connectivity index (χ4v) is 1.46. The molecule has 0 atom stereocenters. The maximum atomic E-state index is 7.80. The van der Waals surface area contributed by atoms with Crippen molar-refractivity contribution in [1.82, 2.24) is 0 Å². The van der Waals surface area contributed by atoms with E-state index in [1.807, 2.05) is 6.92 Å². The van der Waals surface area contributed by atoms with Crippen molar-refractivity contribution in [3.63, 3.8) is 0 Å². The summed E-state index contributed by atoms with van der Waals surface area (Å²) in [5, 5.41) is 7.80. The average molecular weight is 223 g/mol. The van der Waals surface area contributed by atoms with Crippen molar-refractivity contribution in [2.24, 2.45) is 0 Å². The van der Waals surface area contributed by atoms with E-state index in [0.29, 0.717) is 29.4 Å². The minimum Gasteiger partial charge on any atom is -0.493 e. The van der Waals surface area contributed by atoms with Gasteiger partial charge in [-0.3, -0.25) is 0 Å². The minimum atomic E-state index is 0.541. The molecule has 0 radical (unpaired) electrons. The summed E-state index contributed by atoms with van der Waals surface area (Å²) in [5.41, 5.74) is 1.33. The molecule has 4 nitrogen and oxygen atoms in total. The minimum absolute atomic E-state index is 0.541. The molecule has 0 aliphatic rings. The van der Waals surface area contributed by atoms with Crippen LogP contribution < -0.4 is 14.2 Å². The summed E-state index contributed by atoms with van der Waals surface area (Å²) in [5.74, 6) is 1.71. The van der Waals surface area contributed by atoms with Crippen LogP contribution in [0.3, 0.4) is 0 Å². The van der Waals surface area contributed by atoms with Crippen molar-refractivity contribution >= 4 is 5.71 Å². The second-order valence-electron chi connectivity index (χ2n) is 3.25. The number of methoxy groups -OCH3 is 3. The van der Waals surface area contributed by atoms with Gasteiger partial charge in [0.2, 0.25) is 5.75 Å². The monoisotopic (exact) mass is 223 g/mol. The van der Waals surface area contributed by atoms with E-state index in [9.17, 15) is 0 Å². The highest BCUT2D eigenvalue weighted by molar-refractivity contribution is 5.99. The Morgan fingerprint density at radius 2 is 1.56 bits per heavy atom. The summed E-state index contributed by atoms with van der Waals surface area (Å²) in [6.07, 6.45) is 0.665. The Balaban J connectivity index is 3.31. The molecule has 1 aromatic carbocycles. The molecule has 1 N–H and O–H groups in total. The van der Waals surface area contributed by atoms with Crippen molar-refractivity contribution in [3.05, 3.63) is 17.7 Å². The Labute approximate surface area is 95.6 Å². The quantitative estimate of drug-likeness (QED) is 0.780. The van der Waals surface area contributed by atoms with E-state index in [0.717, 1.165) is 5.56 Å². The first-order chi connectivity index (χ1) is 7.67. The predicted molar refractivity (Wildman–Crippen MR) is 63.2 cm³/mol. The lowest BCUT2D eigenvalue weighted by atomic mass is 10.1. The maximum Gasteiger partial charge on any atom is 0.203 e. The molecule has 0 unspecified atom stereocenters. The highest BCUT2D eigenvalue weighted by atomic mass is 16.5. The Hall–Kier alpha value is -1.71. The highest BCUT2D eigenvalue weighted by Gasteiger charge is 2.14. The Morgan fingerprint density at radius 1 is 1.06 bits per heavy atom. The van der Waals surface area contributed by atoms with Gasteiger partial charge in [-0.05, 0) is 18.6 Å². The third-order valence-electron chi connectivity index (χ3n) is 2.37. The average Bonchev–Trinajstić information content (AvgIpc) is 2.35. The summed E-state index contributed by atoms with van der Waals surface area (Å²) in [6, 6.07) is 3.57. The molecule has 0 saturated carbocycles. The van der Waals surface area contributed by atoms with Crippen LogP contribution in [-0.2, 0) is 0 Å². The Kier molecular flexibility index (Phi) is 4.17. The van der Waals surface area contributed by atoms with Gasteiger partial charge in [-0.25, -0.2) is 0 Å². The van der Waals surface area contributed by atoms with Gasteiger partial charge in [-0.2, -0.15) is 0 Å². The lowest BCUT2D eigenvalue weighted by Gasteiger charge is -2.14. The van der Waals surface area contributed by atoms with Gasteiger partial charge in [0.15, 0.2) is 11.5 Å². The number of hydrogen-bond acceptors (Lipinski definition) is 4. The molecule has 0 heterocycles. The van der Waals surface area contributed by atoms with E-state index >= 15 is 0 Å².